The number of ether oxygens (including phenoxy) is 1. The highest BCUT2D eigenvalue weighted by Gasteiger charge is 2.14. The highest BCUT2D eigenvalue weighted by Crippen LogP contribution is 2.26. The summed E-state index contributed by atoms with van der Waals surface area (Å²) in [5, 5.41) is 0. The molecule has 0 aliphatic heterocycles. The first-order chi connectivity index (χ1) is 14.2. The molecule has 0 radical (unpaired) electrons. The van der Waals surface area contributed by atoms with Crippen LogP contribution in [0.25, 0.3) is 28.1 Å². The van der Waals surface area contributed by atoms with Crippen molar-refractivity contribution in [1.82, 2.24) is 15.0 Å². The minimum Gasteiger partial charge on any atom is -0.498 e. The van der Waals surface area contributed by atoms with E-state index in [2.05, 4.69) is 21.0 Å². The molecule has 3 aromatic rings. The van der Waals surface area contributed by atoms with E-state index in [1.54, 1.807) is 12.5 Å². The second-order valence-corrected chi connectivity index (χ2v) is 7.83. The van der Waals surface area contributed by atoms with Crippen LogP contribution in [0.2, 0.25) is 0 Å². The Kier molecular flexibility index (Phi) is 6.13. The Morgan fingerprint density at radius 2 is 2.10 bits per heavy atom. The molecular weight excluding hydrogens is 362 g/mol. The number of furan rings is 1. The average molecular weight is 392 g/mol. The molecule has 5 heteroatoms. The summed E-state index contributed by atoms with van der Waals surface area (Å²) in [7, 11) is 0. The van der Waals surface area contributed by atoms with Gasteiger partial charge < -0.3 is 14.1 Å². The van der Waals surface area contributed by atoms with Crippen molar-refractivity contribution in [1.29, 1.82) is 0 Å². The van der Waals surface area contributed by atoms with Crippen LogP contribution >= 0.6 is 0 Å². The van der Waals surface area contributed by atoms with Crippen molar-refractivity contribution in [2.45, 2.75) is 52.4 Å². The number of rotatable bonds is 6. The monoisotopic (exact) mass is 391 g/mol. The molecule has 152 valence electrons. The van der Waals surface area contributed by atoms with Crippen molar-refractivity contribution in [3.63, 3.8) is 0 Å². The SMILES string of the molecule is C/C=C(\C=C(/C)OCC1CCCCCC1)c1nc2ncc(-c3ccco3)cc2[nH]1. The number of imidazole rings is 1. The van der Waals surface area contributed by atoms with Gasteiger partial charge in [0.1, 0.15) is 11.6 Å². The molecule has 1 N–H and O–H groups in total. The van der Waals surface area contributed by atoms with Gasteiger partial charge in [0.25, 0.3) is 0 Å². The number of fused-ring (bicyclic) bond motifs is 1. The molecule has 3 heterocycles. The first kappa shape index (κ1) is 19.5. The summed E-state index contributed by atoms with van der Waals surface area (Å²) < 4.78 is 11.6. The van der Waals surface area contributed by atoms with Crippen molar-refractivity contribution >= 4 is 16.7 Å². The van der Waals surface area contributed by atoms with Crippen molar-refractivity contribution in [2.75, 3.05) is 6.61 Å². The van der Waals surface area contributed by atoms with Gasteiger partial charge in [-0.3, -0.25) is 0 Å². The number of H-pyrrole nitrogens is 1. The third-order valence-corrected chi connectivity index (χ3v) is 5.61. The summed E-state index contributed by atoms with van der Waals surface area (Å²) >= 11 is 0. The molecular formula is C24H29N3O2. The fourth-order valence-corrected chi connectivity index (χ4v) is 3.94. The molecule has 0 unspecified atom stereocenters. The highest BCUT2D eigenvalue weighted by molar-refractivity contribution is 5.81. The van der Waals surface area contributed by atoms with Crippen LogP contribution in [-0.2, 0) is 4.74 Å². The van der Waals surface area contributed by atoms with Crippen LogP contribution in [0.15, 0.2) is 53.0 Å². The van der Waals surface area contributed by atoms with Crippen molar-refractivity contribution in [3.05, 3.63) is 54.4 Å². The molecule has 0 spiro atoms. The van der Waals surface area contributed by atoms with E-state index in [1.165, 1.54) is 38.5 Å². The second-order valence-electron chi connectivity index (χ2n) is 7.83. The second kappa shape index (κ2) is 9.12. The van der Waals surface area contributed by atoms with Gasteiger partial charge in [-0.15, -0.1) is 0 Å². The van der Waals surface area contributed by atoms with Gasteiger partial charge in [-0.25, -0.2) is 9.97 Å². The van der Waals surface area contributed by atoms with E-state index in [0.29, 0.717) is 11.6 Å². The largest absolute Gasteiger partial charge is 0.498 e. The third-order valence-electron chi connectivity index (χ3n) is 5.61. The number of pyridine rings is 1. The van der Waals surface area contributed by atoms with Gasteiger partial charge >= 0.3 is 0 Å². The van der Waals surface area contributed by atoms with Crippen molar-refractivity contribution < 1.29 is 9.15 Å². The molecule has 0 bridgehead atoms. The fraction of sp³-hybridized carbons (Fsp3) is 0.417. The maximum absolute atomic E-state index is 6.08. The summed E-state index contributed by atoms with van der Waals surface area (Å²) in [5.74, 6) is 3.20. The van der Waals surface area contributed by atoms with E-state index in [1.807, 2.05) is 38.1 Å². The number of aromatic nitrogens is 3. The summed E-state index contributed by atoms with van der Waals surface area (Å²) in [4.78, 5) is 12.5. The molecule has 1 saturated carbocycles. The molecule has 29 heavy (non-hydrogen) atoms. The topological polar surface area (TPSA) is 63.9 Å². The molecule has 1 aliphatic carbocycles. The predicted molar refractivity (Wildman–Crippen MR) is 116 cm³/mol. The van der Waals surface area contributed by atoms with Gasteiger partial charge in [0.05, 0.1) is 24.1 Å². The van der Waals surface area contributed by atoms with Gasteiger partial charge in [0, 0.05) is 17.3 Å². The van der Waals surface area contributed by atoms with E-state index in [-0.39, 0.29) is 0 Å². The minimum atomic E-state index is 0.685. The van der Waals surface area contributed by atoms with Gasteiger partial charge in [0.15, 0.2) is 5.65 Å². The maximum Gasteiger partial charge on any atom is 0.178 e. The van der Waals surface area contributed by atoms with E-state index in [0.717, 1.165) is 40.6 Å². The predicted octanol–water partition coefficient (Wildman–Crippen LogP) is 6.51. The van der Waals surface area contributed by atoms with Crippen LogP contribution in [0.3, 0.4) is 0 Å². The summed E-state index contributed by atoms with van der Waals surface area (Å²) in [5.41, 5.74) is 3.51. The number of aromatic amines is 1. The molecule has 3 aromatic heterocycles. The van der Waals surface area contributed by atoms with E-state index in [9.17, 15) is 0 Å². The first-order valence-corrected chi connectivity index (χ1v) is 10.6. The van der Waals surface area contributed by atoms with Crippen LogP contribution in [-0.4, -0.2) is 21.6 Å². The van der Waals surface area contributed by atoms with Gasteiger partial charge in [-0.05, 0) is 56.9 Å². The standard InChI is InChI=1S/C24H29N3O2/c1-3-19(13-17(2)29-16-18-9-6-4-5-7-10-18)23-26-21-14-20(15-25-24(21)27-23)22-11-8-12-28-22/h3,8,11-15,18H,4-7,9-10,16H2,1-2H3,(H,25,26,27)/b17-13+,19-3+. The van der Waals surface area contributed by atoms with Crippen LogP contribution in [0.1, 0.15) is 58.2 Å². The first-order valence-electron chi connectivity index (χ1n) is 10.6. The summed E-state index contributed by atoms with van der Waals surface area (Å²) in [6.45, 7) is 4.85. The lowest BCUT2D eigenvalue weighted by atomic mass is 10.0. The third kappa shape index (κ3) is 4.78. The zero-order valence-corrected chi connectivity index (χ0v) is 17.3. The molecule has 4 rings (SSSR count). The normalized spacial score (nSPS) is 16.9. The van der Waals surface area contributed by atoms with Crippen molar-refractivity contribution in [2.24, 2.45) is 5.92 Å². The molecule has 0 amide bonds. The quantitative estimate of drug-likeness (QED) is 0.295. The van der Waals surface area contributed by atoms with E-state index >= 15 is 0 Å². The molecule has 0 atom stereocenters. The van der Waals surface area contributed by atoms with Crippen LogP contribution in [0.5, 0.6) is 0 Å². The number of hydrogen-bond acceptors (Lipinski definition) is 4. The van der Waals surface area contributed by atoms with Gasteiger partial charge in [0.2, 0.25) is 0 Å². The lowest BCUT2D eigenvalue weighted by Crippen LogP contribution is -2.08. The summed E-state index contributed by atoms with van der Waals surface area (Å²) in [6.07, 6.45) is 15.5. The Labute approximate surface area is 171 Å². The molecule has 1 aliphatic rings. The van der Waals surface area contributed by atoms with Crippen LogP contribution < -0.4 is 0 Å². The zero-order chi connectivity index (χ0) is 20.1. The average Bonchev–Trinajstić information content (AvgIpc) is 3.34. The lowest BCUT2D eigenvalue weighted by Gasteiger charge is -2.15. The minimum absolute atomic E-state index is 0.685. The fourth-order valence-electron chi connectivity index (χ4n) is 3.94. The Bertz CT molecular complexity index is 990. The number of allylic oxidation sites excluding steroid dienone is 4. The Hall–Kier alpha value is -2.82. The Morgan fingerprint density at radius 3 is 2.83 bits per heavy atom. The molecule has 0 saturated heterocycles. The smallest absolute Gasteiger partial charge is 0.178 e. The Balaban J connectivity index is 1.48. The highest BCUT2D eigenvalue weighted by atomic mass is 16.5. The number of nitrogens with one attached hydrogen (secondary N) is 1. The van der Waals surface area contributed by atoms with Crippen LogP contribution in [0.4, 0.5) is 0 Å². The lowest BCUT2D eigenvalue weighted by molar-refractivity contribution is 0.157. The molecule has 1 fully saturated rings. The van der Waals surface area contributed by atoms with Crippen molar-refractivity contribution in [3.8, 4) is 11.3 Å². The van der Waals surface area contributed by atoms with E-state index in [4.69, 9.17) is 9.15 Å². The van der Waals surface area contributed by atoms with Gasteiger partial charge in [-0.1, -0.05) is 31.8 Å². The van der Waals surface area contributed by atoms with Crippen LogP contribution in [0, 0.1) is 5.92 Å². The summed E-state index contributed by atoms with van der Waals surface area (Å²) in [6, 6.07) is 5.82. The maximum atomic E-state index is 6.08. The number of nitrogens with zero attached hydrogens (tertiary/aromatic N) is 2. The van der Waals surface area contributed by atoms with E-state index < -0.39 is 0 Å². The zero-order valence-electron chi connectivity index (χ0n) is 17.3. The number of hydrogen-bond donors (Lipinski definition) is 1. The molecule has 5 nitrogen and oxygen atoms in total. The molecule has 0 aromatic carbocycles. The van der Waals surface area contributed by atoms with Gasteiger partial charge in [-0.2, -0.15) is 0 Å². The Morgan fingerprint density at radius 1 is 1.28 bits per heavy atom.